The smallest absolute Gasteiger partial charge is 0.333 e. The van der Waals surface area contributed by atoms with Crippen LogP contribution in [0.5, 0.6) is 0 Å². The Labute approximate surface area is 103 Å². The minimum Gasteiger partial charge on any atom is -0.333 e. The van der Waals surface area contributed by atoms with Crippen LogP contribution in [-0.4, -0.2) is 11.6 Å². The van der Waals surface area contributed by atoms with E-state index in [0.717, 1.165) is 12.1 Å². The monoisotopic (exact) mass is 260 g/mol. The third-order valence-electron chi connectivity index (χ3n) is 1.94. The summed E-state index contributed by atoms with van der Waals surface area (Å²) in [5.74, 6) is 0. The molecule has 6 heteroatoms. The van der Waals surface area contributed by atoms with Crippen LogP contribution in [0.15, 0.2) is 24.3 Å². The van der Waals surface area contributed by atoms with Gasteiger partial charge in [-0.05, 0) is 39.0 Å². The maximum absolute atomic E-state index is 12.4. The lowest BCUT2D eigenvalue weighted by Gasteiger charge is -2.21. The number of carbonyl (C=O) groups is 1. The summed E-state index contributed by atoms with van der Waals surface area (Å²) >= 11 is 0. The Hall–Kier alpha value is -1.72. The molecule has 0 radical (unpaired) electrons. The zero-order chi connectivity index (χ0) is 14.0. The molecule has 0 spiro atoms. The van der Waals surface area contributed by atoms with Crippen molar-refractivity contribution in [3.8, 4) is 0 Å². The average Bonchev–Trinajstić information content (AvgIpc) is 2.13. The average molecular weight is 260 g/mol. The quantitative estimate of drug-likeness (QED) is 0.795. The van der Waals surface area contributed by atoms with Gasteiger partial charge in [0.2, 0.25) is 0 Å². The molecule has 1 aromatic rings. The molecule has 0 saturated carbocycles. The molecule has 0 unspecified atom stereocenters. The lowest BCUT2D eigenvalue weighted by atomic mass is 10.1. The lowest BCUT2D eigenvalue weighted by molar-refractivity contribution is -0.137. The first-order valence-corrected chi connectivity index (χ1v) is 5.34. The SMILES string of the molecule is CC(C)(C)NC(=O)Nc1cccc(C(F)(F)F)c1. The molecule has 0 bridgehead atoms. The van der Waals surface area contributed by atoms with Gasteiger partial charge in [0.25, 0.3) is 0 Å². The molecule has 0 aromatic heterocycles. The normalized spacial score (nSPS) is 12.1. The lowest BCUT2D eigenvalue weighted by Crippen LogP contribution is -2.43. The standard InChI is InChI=1S/C12H15F3N2O/c1-11(2,3)17-10(18)16-9-6-4-5-8(7-9)12(13,14)15/h4-7H,1-3H3,(H2,16,17,18). The predicted molar refractivity (Wildman–Crippen MR) is 63.4 cm³/mol. The van der Waals surface area contributed by atoms with Gasteiger partial charge in [0.15, 0.2) is 0 Å². The number of anilines is 1. The van der Waals surface area contributed by atoms with Crippen LogP contribution in [0.25, 0.3) is 0 Å². The number of hydrogen-bond acceptors (Lipinski definition) is 1. The summed E-state index contributed by atoms with van der Waals surface area (Å²) in [6.45, 7) is 5.33. The van der Waals surface area contributed by atoms with Crippen LogP contribution in [0.2, 0.25) is 0 Å². The van der Waals surface area contributed by atoms with Crippen molar-refractivity contribution >= 4 is 11.7 Å². The third kappa shape index (κ3) is 4.65. The Bertz CT molecular complexity index is 436. The van der Waals surface area contributed by atoms with E-state index in [4.69, 9.17) is 0 Å². The molecule has 0 aliphatic carbocycles. The minimum atomic E-state index is -4.42. The van der Waals surface area contributed by atoms with Crippen LogP contribution in [0.4, 0.5) is 23.7 Å². The summed E-state index contributed by atoms with van der Waals surface area (Å²) in [6.07, 6.45) is -4.42. The summed E-state index contributed by atoms with van der Waals surface area (Å²) < 4.78 is 37.3. The molecular weight excluding hydrogens is 245 g/mol. The van der Waals surface area contributed by atoms with Crippen molar-refractivity contribution in [1.29, 1.82) is 0 Å². The van der Waals surface area contributed by atoms with Gasteiger partial charge >= 0.3 is 12.2 Å². The molecule has 2 amide bonds. The van der Waals surface area contributed by atoms with E-state index in [0.29, 0.717) is 0 Å². The number of nitrogens with one attached hydrogen (secondary N) is 2. The number of halogens is 3. The van der Waals surface area contributed by atoms with Crippen LogP contribution in [0, 0.1) is 0 Å². The number of benzene rings is 1. The Morgan fingerprint density at radius 3 is 2.28 bits per heavy atom. The molecule has 1 aromatic carbocycles. The van der Waals surface area contributed by atoms with Crippen LogP contribution < -0.4 is 10.6 Å². The molecule has 3 nitrogen and oxygen atoms in total. The second kappa shape index (κ2) is 4.88. The van der Waals surface area contributed by atoms with E-state index in [1.54, 1.807) is 20.8 Å². The zero-order valence-corrected chi connectivity index (χ0v) is 10.4. The van der Waals surface area contributed by atoms with Crippen LogP contribution in [0.1, 0.15) is 26.3 Å². The molecule has 100 valence electrons. The van der Waals surface area contributed by atoms with E-state index in [-0.39, 0.29) is 5.69 Å². The second-order valence-corrected chi connectivity index (χ2v) is 4.91. The van der Waals surface area contributed by atoms with Crippen LogP contribution >= 0.6 is 0 Å². The number of carbonyl (C=O) groups excluding carboxylic acids is 1. The van der Waals surface area contributed by atoms with Gasteiger partial charge in [-0.2, -0.15) is 13.2 Å². The van der Waals surface area contributed by atoms with E-state index < -0.39 is 23.3 Å². The van der Waals surface area contributed by atoms with Gasteiger partial charge < -0.3 is 10.6 Å². The van der Waals surface area contributed by atoms with Gasteiger partial charge in [-0.15, -0.1) is 0 Å². The molecule has 0 heterocycles. The van der Waals surface area contributed by atoms with Gasteiger partial charge in [0.05, 0.1) is 5.56 Å². The van der Waals surface area contributed by atoms with E-state index >= 15 is 0 Å². The van der Waals surface area contributed by atoms with E-state index in [1.165, 1.54) is 12.1 Å². The van der Waals surface area contributed by atoms with E-state index in [9.17, 15) is 18.0 Å². The van der Waals surface area contributed by atoms with Crippen molar-refractivity contribution < 1.29 is 18.0 Å². The number of hydrogen-bond donors (Lipinski definition) is 2. The predicted octanol–water partition coefficient (Wildman–Crippen LogP) is 3.63. The maximum Gasteiger partial charge on any atom is 0.416 e. The van der Waals surface area contributed by atoms with Gasteiger partial charge in [-0.1, -0.05) is 6.07 Å². The Kier molecular flexibility index (Phi) is 3.88. The molecule has 18 heavy (non-hydrogen) atoms. The zero-order valence-electron chi connectivity index (χ0n) is 10.4. The molecule has 0 fully saturated rings. The topological polar surface area (TPSA) is 41.1 Å². The first-order valence-electron chi connectivity index (χ1n) is 5.34. The molecule has 0 saturated heterocycles. The fourth-order valence-corrected chi connectivity index (χ4v) is 1.28. The summed E-state index contributed by atoms with van der Waals surface area (Å²) in [4.78, 5) is 11.5. The van der Waals surface area contributed by atoms with Crippen molar-refractivity contribution in [1.82, 2.24) is 5.32 Å². The molecular formula is C12H15F3N2O. The highest BCUT2D eigenvalue weighted by Gasteiger charge is 2.30. The van der Waals surface area contributed by atoms with Crippen LogP contribution in [0.3, 0.4) is 0 Å². The highest BCUT2D eigenvalue weighted by atomic mass is 19.4. The highest BCUT2D eigenvalue weighted by Crippen LogP contribution is 2.30. The number of urea groups is 1. The van der Waals surface area contributed by atoms with Gasteiger partial charge in [0.1, 0.15) is 0 Å². The Morgan fingerprint density at radius 2 is 1.78 bits per heavy atom. The second-order valence-electron chi connectivity index (χ2n) is 4.91. The summed E-state index contributed by atoms with van der Waals surface area (Å²) in [7, 11) is 0. The largest absolute Gasteiger partial charge is 0.416 e. The fraction of sp³-hybridized carbons (Fsp3) is 0.417. The van der Waals surface area contributed by atoms with Crippen molar-refractivity contribution in [3.63, 3.8) is 0 Å². The fourth-order valence-electron chi connectivity index (χ4n) is 1.28. The highest BCUT2D eigenvalue weighted by molar-refractivity contribution is 5.89. The first-order chi connectivity index (χ1) is 8.08. The van der Waals surface area contributed by atoms with Crippen molar-refractivity contribution in [2.75, 3.05) is 5.32 Å². The minimum absolute atomic E-state index is 0.103. The number of rotatable bonds is 1. The van der Waals surface area contributed by atoms with Gasteiger partial charge in [-0.3, -0.25) is 0 Å². The summed E-state index contributed by atoms with van der Waals surface area (Å²) in [5, 5.41) is 4.96. The molecule has 0 atom stereocenters. The number of amides is 2. The van der Waals surface area contributed by atoms with Gasteiger partial charge in [-0.25, -0.2) is 4.79 Å². The van der Waals surface area contributed by atoms with Crippen molar-refractivity contribution in [3.05, 3.63) is 29.8 Å². The van der Waals surface area contributed by atoms with E-state index in [1.807, 2.05) is 0 Å². The van der Waals surface area contributed by atoms with Crippen LogP contribution in [-0.2, 0) is 6.18 Å². The molecule has 2 N–H and O–H groups in total. The summed E-state index contributed by atoms with van der Waals surface area (Å²) in [5.41, 5.74) is -1.14. The van der Waals surface area contributed by atoms with E-state index in [2.05, 4.69) is 10.6 Å². The van der Waals surface area contributed by atoms with Crippen molar-refractivity contribution in [2.24, 2.45) is 0 Å². The Balaban J connectivity index is 2.77. The molecule has 0 aliphatic rings. The Morgan fingerprint density at radius 1 is 1.17 bits per heavy atom. The number of alkyl halides is 3. The molecule has 1 rings (SSSR count). The maximum atomic E-state index is 12.4. The third-order valence-corrected chi connectivity index (χ3v) is 1.94. The first kappa shape index (κ1) is 14.3. The summed E-state index contributed by atoms with van der Waals surface area (Å²) in [6, 6.07) is 3.95. The van der Waals surface area contributed by atoms with Gasteiger partial charge in [0, 0.05) is 11.2 Å². The molecule has 0 aliphatic heterocycles. The van der Waals surface area contributed by atoms with Crippen molar-refractivity contribution in [2.45, 2.75) is 32.5 Å².